The molecule has 2 unspecified atom stereocenters. The van der Waals surface area contributed by atoms with Gasteiger partial charge in [-0.15, -0.1) is 0 Å². The summed E-state index contributed by atoms with van der Waals surface area (Å²) >= 11 is 0. The van der Waals surface area contributed by atoms with Gasteiger partial charge in [-0.3, -0.25) is 9.59 Å². The van der Waals surface area contributed by atoms with Crippen molar-refractivity contribution in [2.45, 2.75) is 45.8 Å². The molecule has 2 N–H and O–H groups in total. The lowest BCUT2D eigenvalue weighted by Gasteiger charge is -2.43. The van der Waals surface area contributed by atoms with Gasteiger partial charge in [-0.1, -0.05) is 13.8 Å². The number of piperidine rings is 1. The zero-order valence-electron chi connectivity index (χ0n) is 11.9. The molecule has 2 saturated heterocycles. The molecule has 2 aliphatic rings. The van der Waals surface area contributed by atoms with Gasteiger partial charge in [0.25, 0.3) is 0 Å². The van der Waals surface area contributed by atoms with Crippen LogP contribution in [0.3, 0.4) is 0 Å². The summed E-state index contributed by atoms with van der Waals surface area (Å²) in [5.74, 6) is -0.0594. The normalized spacial score (nSPS) is 31.4. The summed E-state index contributed by atoms with van der Waals surface area (Å²) in [4.78, 5) is 25.7. The van der Waals surface area contributed by atoms with Crippen LogP contribution >= 0.6 is 0 Å². The first-order chi connectivity index (χ1) is 8.91. The van der Waals surface area contributed by atoms with Gasteiger partial charge in [0.05, 0.1) is 24.0 Å². The summed E-state index contributed by atoms with van der Waals surface area (Å²) in [7, 11) is 0. The summed E-state index contributed by atoms with van der Waals surface area (Å²) in [5, 5.41) is 12.4. The van der Waals surface area contributed by atoms with E-state index in [1.165, 1.54) is 0 Å². The van der Waals surface area contributed by atoms with Gasteiger partial charge in [-0.05, 0) is 25.7 Å². The Morgan fingerprint density at radius 1 is 1.37 bits per heavy atom. The van der Waals surface area contributed by atoms with Crippen molar-refractivity contribution in [3.63, 3.8) is 0 Å². The van der Waals surface area contributed by atoms with E-state index in [4.69, 9.17) is 0 Å². The predicted molar refractivity (Wildman–Crippen MR) is 71.2 cm³/mol. The van der Waals surface area contributed by atoms with E-state index in [0.29, 0.717) is 5.92 Å². The lowest BCUT2D eigenvalue weighted by atomic mass is 9.78. The van der Waals surface area contributed by atoms with Gasteiger partial charge < -0.3 is 15.3 Å². The van der Waals surface area contributed by atoms with Gasteiger partial charge in [0.1, 0.15) is 0 Å². The fourth-order valence-electron chi connectivity index (χ4n) is 3.04. The highest BCUT2D eigenvalue weighted by Crippen LogP contribution is 2.28. The second kappa shape index (κ2) is 5.49. The zero-order chi connectivity index (χ0) is 14.2. The Morgan fingerprint density at radius 3 is 2.42 bits per heavy atom. The molecule has 2 aliphatic heterocycles. The topological polar surface area (TPSA) is 69.6 Å². The second-order valence-electron chi connectivity index (χ2n) is 6.10. The van der Waals surface area contributed by atoms with Crippen LogP contribution in [0.1, 0.15) is 33.6 Å². The van der Waals surface area contributed by atoms with Crippen LogP contribution < -0.4 is 5.32 Å². The van der Waals surface area contributed by atoms with Crippen molar-refractivity contribution in [1.29, 1.82) is 0 Å². The number of rotatable bonds is 3. The molecule has 0 aromatic heterocycles. The lowest BCUT2D eigenvalue weighted by Crippen LogP contribution is -2.66. The number of hydrogen-bond acceptors (Lipinski definition) is 3. The van der Waals surface area contributed by atoms with E-state index in [1.54, 1.807) is 6.92 Å². The fourth-order valence-corrected chi connectivity index (χ4v) is 3.04. The monoisotopic (exact) mass is 268 g/mol. The molecule has 2 amide bonds. The van der Waals surface area contributed by atoms with Crippen molar-refractivity contribution in [3.8, 4) is 0 Å². The van der Waals surface area contributed by atoms with E-state index in [9.17, 15) is 14.7 Å². The first-order valence-corrected chi connectivity index (χ1v) is 7.19. The molecular weight excluding hydrogens is 244 g/mol. The molecule has 0 radical (unpaired) electrons. The average molecular weight is 268 g/mol. The highest BCUT2D eigenvalue weighted by molar-refractivity contribution is 5.90. The predicted octanol–water partition coefficient (Wildman–Crippen LogP) is 0.376. The highest BCUT2D eigenvalue weighted by Gasteiger charge is 2.47. The minimum absolute atomic E-state index is 0.0996. The van der Waals surface area contributed by atoms with E-state index in [1.807, 2.05) is 11.8 Å². The van der Waals surface area contributed by atoms with Crippen LogP contribution in [0.25, 0.3) is 0 Å². The first-order valence-electron chi connectivity index (χ1n) is 7.19. The largest absolute Gasteiger partial charge is 0.393 e. The Hall–Kier alpha value is -1.10. The number of amides is 2. The maximum atomic E-state index is 12.4. The van der Waals surface area contributed by atoms with Crippen molar-refractivity contribution in [1.82, 2.24) is 10.2 Å². The number of hydrogen-bond donors (Lipinski definition) is 2. The third-order valence-corrected chi connectivity index (χ3v) is 4.54. The third-order valence-electron chi connectivity index (χ3n) is 4.54. The van der Waals surface area contributed by atoms with Gasteiger partial charge >= 0.3 is 0 Å². The maximum Gasteiger partial charge on any atom is 0.228 e. The minimum atomic E-state index is -0.699. The van der Waals surface area contributed by atoms with E-state index in [-0.39, 0.29) is 23.8 Å². The third kappa shape index (κ3) is 2.76. The number of aliphatic hydroxyl groups excluding tert-OH is 1. The molecular formula is C14H24N2O3. The Labute approximate surface area is 114 Å². The second-order valence-corrected chi connectivity index (χ2v) is 6.10. The summed E-state index contributed by atoms with van der Waals surface area (Å²) in [6.45, 7) is 7.28. The van der Waals surface area contributed by atoms with Crippen LogP contribution in [0.15, 0.2) is 0 Å². The van der Waals surface area contributed by atoms with E-state index >= 15 is 0 Å². The summed E-state index contributed by atoms with van der Waals surface area (Å²) in [6, 6.07) is -0.223. The van der Waals surface area contributed by atoms with Crippen LogP contribution in [0.2, 0.25) is 0 Å². The molecule has 5 heteroatoms. The molecule has 0 aliphatic carbocycles. The summed E-state index contributed by atoms with van der Waals surface area (Å²) in [6.07, 6.45) is 1.40. The highest BCUT2D eigenvalue weighted by atomic mass is 16.3. The van der Waals surface area contributed by atoms with Gasteiger partial charge in [0.15, 0.2) is 0 Å². The molecule has 0 aromatic rings. The smallest absolute Gasteiger partial charge is 0.228 e. The number of nitrogens with one attached hydrogen (secondary N) is 1. The molecule has 5 nitrogen and oxygen atoms in total. The van der Waals surface area contributed by atoms with Crippen molar-refractivity contribution in [2.24, 2.45) is 17.8 Å². The number of carbonyl (C=O) groups excluding carboxylic acids is 2. The molecule has 19 heavy (non-hydrogen) atoms. The SMILES string of the molecule is CC1CCN(C(=O)C(C)[C@H]2NC(=O)[C@@H]2C(C)O)CC1. The fraction of sp³-hybridized carbons (Fsp3) is 0.857. The van der Waals surface area contributed by atoms with Crippen molar-refractivity contribution < 1.29 is 14.7 Å². The van der Waals surface area contributed by atoms with Crippen LogP contribution in [0.4, 0.5) is 0 Å². The van der Waals surface area contributed by atoms with Crippen LogP contribution in [-0.4, -0.2) is 47.1 Å². The van der Waals surface area contributed by atoms with E-state index in [0.717, 1.165) is 25.9 Å². The maximum absolute atomic E-state index is 12.4. The number of carbonyl (C=O) groups is 2. The molecule has 0 saturated carbocycles. The summed E-state index contributed by atoms with van der Waals surface area (Å²) in [5.41, 5.74) is 0. The van der Waals surface area contributed by atoms with Gasteiger partial charge in [-0.2, -0.15) is 0 Å². The number of nitrogens with zero attached hydrogens (tertiary/aromatic N) is 1. The Morgan fingerprint density at radius 2 is 1.95 bits per heavy atom. The summed E-state index contributed by atoms with van der Waals surface area (Å²) < 4.78 is 0. The van der Waals surface area contributed by atoms with Gasteiger partial charge in [-0.25, -0.2) is 0 Å². The van der Waals surface area contributed by atoms with Crippen molar-refractivity contribution in [2.75, 3.05) is 13.1 Å². The molecule has 2 fully saturated rings. The number of likely N-dealkylation sites (tertiary alicyclic amines) is 1. The quantitative estimate of drug-likeness (QED) is 0.727. The average Bonchev–Trinajstić information content (AvgIpc) is 2.34. The first kappa shape index (κ1) is 14.3. The molecule has 0 bridgehead atoms. The molecule has 2 rings (SSSR count). The molecule has 0 aromatic carbocycles. The number of β-lactam (4-membered cyclic amide) rings is 1. The standard InChI is InChI=1S/C14H24N2O3/c1-8-4-6-16(7-5-8)14(19)9(2)12-11(10(3)17)13(18)15-12/h8-12,17H,4-7H2,1-3H3,(H,15,18)/t9?,10?,11-,12-/m1/s1. The number of aliphatic hydroxyl groups is 1. The minimum Gasteiger partial charge on any atom is -0.393 e. The van der Waals surface area contributed by atoms with Crippen LogP contribution in [-0.2, 0) is 9.59 Å². The Bertz CT molecular complexity index is 362. The van der Waals surface area contributed by atoms with Gasteiger partial charge in [0.2, 0.25) is 11.8 Å². The van der Waals surface area contributed by atoms with Crippen LogP contribution in [0, 0.1) is 17.8 Å². The Kier molecular flexibility index (Phi) is 4.13. The van der Waals surface area contributed by atoms with Crippen molar-refractivity contribution in [3.05, 3.63) is 0 Å². The van der Waals surface area contributed by atoms with Crippen LogP contribution in [0.5, 0.6) is 0 Å². The molecule has 4 atom stereocenters. The van der Waals surface area contributed by atoms with Crippen molar-refractivity contribution >= 4 is 11.8 Å². The van der Waals surface area contributed by atoms with Gasteiger partial charge in [0, 0.05) is 13.1 Å². The zero-order valence-corrected chi connectivity index (χ0v) is 11.9. The molecule has 2 heterocycles. The molecule has 108 valence electrons. The lowest BCUT2D eigenvalue weighted by molar-refractivity contribution is -0.149. The van der Waals surface area contributed by atoms with E-state index in [2.05, 4.69) is 12.2 Å². The molecule has 0 spiro atoms. The van der Waals surface area contributed by atoms with E-state index < -0.39 is 12.0 Å². The Balaban J connectivity index is 1.94.